The summed E-state index contributed by atoms with van der Waals surface area (Å²) in [5, 5.41) is 0. The van der Waals surface area contributed by atoms with Crippen molar-refractivity contribution in [3.8, 4) is 0 Å². The average Bonchev–Trinajstić information content (AvgIpc) is 3.09. The van der Waals surface area contributed by atoms with Crippen LogP contribution in [0.3, 0.4) is 0 Å². The van der Waals surface area contributed by atoms with Crippen LogP contribution in [0.1, 0.15) is 54.1 Å². The van der Waals surface area contributed by atoms with E-state index in [1.165, 1.54) is 42.6 Å². The fraction of sp³-hybridized carbons (Fsp3) is 0.387. The maximum atomic E-state index is 13.3. The average molecular weight is 468 g/mol. The van der Waals surface area contributed by atoms with Gasteiger partial charge in [-0.3, -0.25) is 4.79 Å². The number of benzene rings is 3. The number of para-hydroxylation sites is 1. The first kappa shape index (κ1) is 23.6. The molecule has 2 aliphatic heterocycles. The van der Waals surface area contributed by atoms with Gasteiger partial charge in [0.2, 0.25) is 0 Å². The third-order valence-electron chi connectivity index (χ3n) is 8.03. The van der Waals surface area contributed by atoms with Crippen LogP contribution < -0.4 is 4.90 Å². The van der Waals surface area contributed by atoms with Crippen LogP contribution in [0, 0.1) is 6.92 Å². The molecule has 3 aromatic rings. The molecular formula is C31H37N3O. The summed E-state index contributed by atoms with van der Waals surface area (Å²) in [4.78, 5) is 20.4. The summed E-state index contributed by atoms with van der Waals surface area (Å²) in [6, 6.07) is 29.3. The molecule has 0 aromatic heterocycles. The molecule has 3 aromatic carbocycles. The number of fused-ring (bicyclic) bond motifs is 2. The van der Waals surface area contributed by atoms with Crippen LogP contribution >= 0.6 is 0 Å². The van der Waals surface area contributed by atoms with Gasteiger partial charge in [-0.2, -0.15) is 0 Å². The number of rotatable bonds is 7. The van der Waals surface area contributed by atoms with Gasteiger partial charge < -0.3 is 14.7 Å². The summed E-state index contributed by atoms with van der Waals surface area (Å²) < 4.78 is 0. The third-order valence-corrected chi connectivity index (χ3v) is 8.03. The number of carbonyl (C=O) groups is 1. The summed E-state index contributed by atoms with van der Waals surface area (Å²) in [6.45, 7) is 5.45. The molecule has 4 heteroatoms. The topological polar surface area (TPSA) is 26.8 Å². The normalized spacial score (nSPS) is 21.6. The van der Waals surface area contributed by atoms with Crippen LogP contribution in [-0.2, 0) is 6.54 Å². The highest BCUT2D eigenvalue weighted by molar-refractivity contribution is 5.94. The summed E-state index contributed by atoms with van der Waals surface area (Å²) in [7, 11) is 2.29. The van der Waals surface area contributed by atoms with Crippen molar-refractivity contribution in [3.05, 3.63) is 95.6 Å². The fourth-order valence-electron chi connectivity index (χ4n) is 5.94. The number of anilines is 2. The lowest BCUT2D eigenvalue weighted by molar-refractivity contribution is 0.0752. The van der Waals surface area contributed by atoms with Gasteiger partial charge in [-0.25, -0.2) is 0 Å². The molecule has 0 saturated carbocycles. The molecule has 35 heavy (non-hydrogen) atoms. The van der Waals surface area contributed by atoms with E-state index in [1.54, 1.807) is 0 Å². The predicted octanol–water partition coefficient (Wildman–Crippen LogP) is 6.42. The summed E-state index contributed by atoms with van der Waals surface area (Å²) in [5.74, 6) is 0.0863. The van der Waals surface area contributed by atoms with E-state index in [0.717, 1.165) is 11.1 Å². The molecule has 1 unspecified atom stereocenters. The second-order valence-corrected chi connectivity index (χ2v) is 10.2. The van der Waals surface area contributed by atoms with Gasteiger partial charge in [0, 0.05) is 48.2 Å². The number of aryl methyl sites for hydroxylation is 1. The zero-order chi connectivity index (χ0) is 24.4. The molecule has 182 valence electrons. The first-order valence-corrected chi connectivity index (χ1v) is 13.0. The SMILES string of the molecule is CCN(Cc1ccc(C)cc1)C(=O)c1ccc(N(c2ccccc2)C2C[C@H]3CC[C@@H](C2)N3C)cc1. The highest BCUT2D eigenvalue weighted by Crippen LogP contribution is 2.40. The highest BCUT2D eigenvalue weighted by atomic mass is 16.2. The Labute approximate surface area is 210 Å². The van der Waals surface area contributed by atoms with Crippen LogP contribution in [0.15, 0.2) is 78.9 Å². The molecule has 0 N–H and O–H groups in total. The maximum Gasteiger partial charge on any atom is 0.254 e. The minimum atomic E-state index is 0.0863. The van der Waals surface area contributed by atoms with E-state index in [0.29, 0.717) is 31.2 Å². The van der Waals surface area contributed by atoms with Gasteiger partial charge in [-0.15, -0.1) is 0 Å². The molecular weight excluding hydrogens is 430 g/mol. The number of hydrogen-bond donors (Lipinski definition) is 0. The number of piperidine rings is 1. The van der Waals surface area contributed by atoms with Gasteiger partial charge in [-0.05, 0) is 88.5 Å². The van der Waals surface area contributed by atoms with Crippen LogP contribution in [0.25, 0.3) is 0 Å². The van der Waals surface area contributed by atoms with Gasteiger partial charge in [0.05, 0.1) is 0 Å². The quantitative estimate of drug-likeness (QED) is 0.401. The molecule has 1 amide bonds. The lowest BCUT2D eigenvalue weighted by Crippen LogP contribution is -2.47. The highest BCUT2D eigenvalue weighted by Gasteiger charge is 2.40. The van der Waals surface area contributed by atoms with Crippen molar-refractivity contribution in [1.29, 1.82) is 0 Å². The van der Waals surface area contributed by atoms with E-state index in [4.69, 9.17) is 0 Å². The van der Waals surface area contributed by atoms with Crippen LogP contribution in [-0.4, -0.2) is 47.4 Å². The van der Waals surface area contributed by atoms with E-state index < -0.39 is 0 Å². The van der Waals surface area contributed by atoms with Crippen molar-refractivity contribution >= 4 is 17.3 Å². The van der Waals surface area contributed by atoms with Crippen LogP contribution in [0.5, 0.6) is 0 Å². The Morgan fingerprint density at radius 1 is 0.857 bits per heavy atom. The summed E-state index contributed by atoms with van der Waals surface area (Å²) in [6.07, 6.45) is 4.98. The third kappa shape index (κ3) is 4.99. The summed E-state index contributed by atoms with van der Waals surface area (Å²) >= 11 is 0. The number of nitrogens with zero attached hydrogens (tertiary/aromatic N) is 3. The molecule has 0 radical (unpaired) electrons. The predicted molar refractivity (Wildman–Crippen MR) is 144 cm³/mol. The first-order valence-electron chi connectivity index (χ1n) is 13.0. The van der Waals surface area contributed by atoms with Gasteiger partial charge in [0.1, 0.15) is 0 Å². The van der Waals surface area contributed by atoms with Crippen molar-refractivity contribution in [2.45, 2.75) is 64.2 Å². The lowest BCUT2D eigenvalue weighted by atomic mass is 9.95. The van der Waals surface area contributed by atoms with Gasteiger partial charge in [-0.1, -0.05) is 48.0 Å². The lowest BCUT2D eigenvalue weighted by Gasteiger charge is -2.43. The van der Waals surface area contributed by atoms with Gasteiger partial charge in [0.25, 0.3) is 5.91 Å². The monoisotopic (exact) mass is 467 g/mol. The molecule has 5 rings (SSSR count). The Balaban J connectivity index is 1.37. The molecule has 2 bridgehead atoms. The Hall–Kier alpha value is -3.11. The van der Waals surface area contributed by atoms with E-state index in [9.17, 15) is 4.79 Å². The van der Waals surface area contributed by atoms with Crippen LogP contribution in [0.2, 0.25) is 0 Å². The second kappa shape index (κ2) is 10.2. The molecule has 2 heterocycles. The number of hydrogen-bond acceptors (Lipinski definition) is 3. The van der Waals surface area contributed by atoms with Gasteiger partial charge in [0.15, 0.2) is 0 Å². The van der Waals surface area contributed by atoms with Crippen molar-refractivity contribution in [3.63, 3.8) is 0 Å². The summed E-state index contributed by atoms with van der Waals surface area (Å²) in [5.41, 5.74) is 5.55. The smallest absolute Gasteiger partial charge is 0.254 e. The Morgan fingerprint density at radius 3 is 2.06 bits per heavy atom. The molecule has 0 spiro atoms. The Kier molecular flexibility index (Phi) is 6.92. The van der Waals surface area contributed by atoms with Crippen molar-refractivity contribution < 1.29 is 4.79 Å². The van der Waals surface area contributed by atoms with E-state index in [-0.39, 0.29) is 5.91 Å². The van der Waals surface area contributed by atoms with Crippen LogP contribution in [0.4, 0.5) is 11.4 Å². The zero-order valence-electron chi connectivity index (χ0n) is 21.2. The number of carbonyl (C=O) groups excluding carboxylic acids is 1. The molecule has 0 aliphatic carbocycles. The minimum Gasteiger partial charge on any atom is -0.338 e. The van der Waals surface area contributed by atoms with E-state index in [1.807, 2.05) is 24.0 Å². The molecule has 4 nitrogen and oxygen atoms in total. The Bertz CT molecular complexity index is 1110. The second-order valence-electron chi connectivity index (χ2n) is 10.2. The fourth-order valence-corrected chi connectivity index (χ4v) is 5.94. The Morgan fingerprint density at radius 2 is 1.46 bits per heavy atom. The largest absolute Gasteiger partial charge is 0.338 e. The van der Waals surface area contributed by atoms with Gasteiger partial charge >= 0.3 is 0 Å². The first-order chi connectivity index (χ1) is 17.0. The minimum absolute atomic E-state index is 0.0863. The standard InChI is InChI=1S/C31H37N3O/c1-4-33(22-24-12-10-23(2)11-13-24)31(35)25-14-16-27(17-15-25)34(26-8-6-5-7-9-26)30-20-28-18-19-29(21-30)32(28)3/h5-17,28-30H,4,18-22H2,1-3H3/t28-,29+,30?. The molecule has 2 saturated heterocycles. The van der Waals surface area contributed by atoms with E-state index in [2.05, 4.69) is 90.5 Å². The maximum absolute atomic E-state index is 13.3. The van der Waals surface area contributed by atoms with E-state index >= 15 is 0 Å². The number of amides is 1. The zero-order valence-corrected chi connectivity index (χ0v) is 21.2. The van der Waals surface area contributed by atoms with Crippen molar-refractivity contribution in [2.75, 3.05) is 18.5 Å². The molecule has 2 aliphatic rings. The van der Waals surface area contributed by atoms with Crippen molar-refractivity contribution in [2.24, 2.45) is 0 Å². The van der Waals surface area contributed by atoms with Crippen molar-refractivity contribution in [1.82, 2.24) is 9.80 Å². The molecule has 2 fully saturated rings. The molecule has 3 atom stereocenters.